The van der Waals surface area contributed by atoms with Crippen molar-refractivity contribution in [2.24, 2.45) is 7.05 Å². The third-order valence-corrected chi connectivity index (χ3v) is 4.19. The molecule has 18 heavy (non-hydrogen) atoms. The number of carboxylic acids is 1. The highest BCUT2D eigenvalue weighted by Crippen LogP contribution is 2.33. The van der Waals surface area contributed by atoms with Gasteiger partial charge in [0.25, 0.3) is 0 Å². The van der Waals surface area contributed by atoms with Gasteiger partial charge in [-0.2, -0.15) is 5.10 Å². The molecular weight excluding hydrogens is 270 g/mol. The fraction of sp³-hybridized carbons (Fsp3) is 0.182. The molecule has 1 heterocycles. The summed E-state index contributed by atoms with van der Waals surface area (Å²) in [5, 5.41) is 13.9. The first-order chi connectivity index (χ1) is 8.63. The molecule has 1 aromatic heterocycles. The van der Waals surface area contributed by atoms with Gasteiger partial charge in [-0.15, -0.1) is 11.8 Å². The smallest absolute Gasteiger partial charge is 0.337 e. The summed E-state index contributed by atoms with van der Waals surface area (Å²) in [7, 11) is 1.77. The second kappa shape index (κ2) is 5.45. The molecule has 0 spiro atoms. The van der Waals surface area contributed by atoms with Crippen molar-refractivity contribution in [1.82, 2.24) is 14.8 Å². The van der Waals surface area contributed by atoms with Crippen molar-refractivity contribution in [2.75, 3.05) is 6.26 Å². The molecule has 7 heteroatoms. The number of aryl methyl sites for hydroxylation is 1. The summed E-state index contributed by atoms with van der Waals surface area (Å²) < 4.78 is 1.61. The molecule has 0 saturated carbocycles. The third kappa shape index (κ3) is 2.51. The molecular formula is C11H11N3O2S2. The Morgan fingerprint density at radius 1 is 1.39 bits per heavy atom. The van der Waals surface area contributed by atoms with Gasteiger partial charge < -0.3 is 5.11 Å². The Hall–Kier alpha value is -1.47. The van der Waals surface area contributed by atoms with E-state index in [1.54, 1.807) is 23.9 Å². The summed E-state index contributed by atoms with van der Waals surface area (Å²) in [6.07, 6.45) is 3.31. The van der Waals surface area contributed by atoms with E-state index in [-0.39, 0.29) is 0 Å². The van der Waals surface area contributed by atoms with Crippen LogP contribution in [0.2, 0.25) is 0 Å². The van der Waals surface area contributed by atoms with E-state index >= 15 is 0 Å². The zero-order valence-corrected chi connectivity index (χ0v) is 11.5. The van der Waals surface area contributed by atoms with Crippen LogP contribution in [-0.2, 0) is 7.05 Å². The SMILES string of the molecule is CSc1cccc(Sc2ncnn2C)c1C(=O)O. The summed E-state index contributed by atoms with van der Waals surface area (Å²) in [4.78, 5) is 16.8. The first kappa shape index (κ1) is 13.0. The number of aromatic nitrogens is 3. The van der Waals surface area contributed by atoms with Crippen molar-refractivity contribution in [1.29, 1.82) is 0 Å². The number of aromatic carboxylic acids is 1. The van der Waals surface area contributed by atoms with Gasteiger partial charge in [-0.3, -0.25) is 0 Å². The van der Waals surface area contributed by atoms with E-state index in [4.69, 9.17) is 0 Å². The molecule has 2 rings (SSSR count). The van der Waals surface area contributed by atoms with E-state index in [2.05, 4.69) is 10.1 Å². The fourth-order valence-electron chi connectivity index (χ4n) is 1.45. The maximum Gasteiger partial charge on any atom is 0.337 e. The number of benzene rings is 1. The average molecular weight is 281 g/mol. The molecule has 0 amide bonds. The van der Waals surface area contributed by atoms with Crippen LogP contribution in [0.4, 0.5) is 0 Å². The number of hydrogen-bond acceptors (Lipinski definition) is 5. The van der Waals surface area contributed by atoms with Crippen molar-refractivity contribution < 1.29 is 9.90 Å². The van der Waals surface area contributed by atoms with Crippen LogP contribution in [0.1, 0.15) is 10.4 Å². The van der Waals surface area contributed by atoms with Crippen LogP contribution in [0.15, 0.2) is 39.5 Å². The van der Waals surface area contributed by atoms with Crippen LogP contribution >= 0.6 is 23.5 Å². The summed E-state index contributed by atoms with van der Waals surface area (Å²) in [6.45, 7) is 0. The van der Waals surface area contributed by atoms with Gasteiger partial charge in [0, 0.05) is 16.8 Å². The number of carbonyl (C=O) groups is 1. The highest BCUT2D eigenvalue weighted by molar-refractivity contribution is 7.99. The molecule has 0 aliphatic carbocycles. The lowest BCUT2D eigenvalue weighted by molar-refractivity contribution is 0.0689. The van der Waals surface area contributed by atoms with Crippen molar-refractivity contribution in [3.63, 3.8) is 0 Å². The van der Waals surface area contributed by atoms with E-state index in [1.165, 1.54) is 29.9 Å². The molecule has 0 atom stereocenters. The first-order valence-electron chi connectivity index (χ1n) is 5.05. The number of nitrogens with zero attached hydrogens (tertiary/aromatic N) is 3. The summed E-state index contributed by atoms with van der Waals surface area (Å²) in [5.74, 6) is -0.926. The van der Waals surface area contributed by atoms with Crippen LogP contribution in [0, 0.1) is 0 Å². The topological polar surface area (TPSA) is 68.0 Å². The van der Waals surface area contributed by atoms with Crippen LogP contribution < -0.4 is 0 Å². The molecule has 1 N–H and O–H groups in total. The van der Waals surface area contributed by atoms with Crippen molar-refractivity contribution >= 4 is 29.5 Å². The van der Waals surface area contributed by atoms with Gasteiger partial charge in [-0.1, -0.05) is 6.07 Å². The van der Waals surface area contributed by atoms with E-state index in [0.29, 0.717) is 15.6 Å². The average Bonchev–Trinajstić information content (AvgIpc) is 2.74. The Morgan fingerprint density at radius 3 is 2.67 bits per heavy atom. The highest BCUT2D eigenvalue weighted by Gasteiger charge is 2.17. The fourth-order valence-corrected chi connectivity index (χ4v) is 3.06. The predicted octanol–water partition coefficient (Wildman–Crippen LogP) is 2.39. The van der Waals surface area contributed by atoms with Gasteiger partial charge in [0.15, 0.2) is 5.16 Å². The summed E-state index contributed by atoms with van der Waals surface area (Å²) in [5.41, 5.74) is 0.318. The third-order valence-electron chi connectivity index (χ3n) is 2.29. The van der Waals surface area contributed by atoms with Gasteiger partial charge in [0.1, 0.15) is 6.33 Å². The van der Waals surface area contributed by atoms with E-state index in [0.717, 1.165) is 4.90 Å². The molecule has 2 aromatic rings. The zero-order chi connectivity index (χ0) is 13.1. The van der Waals surface area contributed by atoms with Crippen LogP contribution in [0.25, 0.3) is 0 Å². The normalized spacial score (nSPS) is 10.6. The lowest BCUT2D eigenvalue weighted by Crippen LogP contribution is -2.02. The number of hydrogen-bond donors (Lipinski definition) is 1. The summed E-state index contributed by atoms with van der Waals surface area (Å²) >= 11 is 2.72. The van der Waals surface area contributed by atoms with Gasteiger partial charge in [-0.25, -0.2) is 14.5 Å². The van der Waals surface area contributed by atoms with E-state index in [9.17, 15) is 9.90 Å². The van der Waals surface area contributed by atoms with Crippen LogP contribution in [0.5, 0.6) is 0 Å². The van der Waals surface area contributed by atoms with Crippen molar-refractivity contribution in [3.8, 4) is 0 Å². The predicted molar refractivity (Wildman–Crippen MR) is 70.3 cm³/mol. The quantitative estimate of drug-likeness (QED) is 0.868. The van der Waals surface area contributed by atoms with Crippen molar-refractivity contribution in [3.05, 3.63) is 30.1 Å². The molecule has 5 nitrogen and oxygen atoms in total. The van der Waals surface area contributed by atoms with E-state index < -0.39 is 5.97 Å². The van der Waals surface area contributed by atoms with Gasteiger partial charge >= 0.3 is 5.97 Å². The molecule has 0 radical (unpaired) electrons. The van der Waals surface area contributed by atoms with Crippen LogP contribution in [-0.4, -0.2) is 32.1 Å². The summed E-state index contributed by atoms with van der Waals surface area (Å²) in [6, 6.07) is 5.42. The Balaban J connectivity index is 2.44. The monoisotopic (exact) mass is 281 g/mol. The Kier molecular flexibility index (Phi) is 3.93. The molecule has 0 fully saturated rings. The van der Waals surface area contributed by atoms with Crippen molar-refractivity contribution in [2.45, 2.75) is 14.9 Å². The number of rotatable bonds is 4. The molecule has 0 unspecified atom stereocenters. The van der Waals surface area contributed by atoms with E-state index in [1.807, 2.05) is 12.3 Å². The lowest BCUT2D eigenvalue weighted by atomic mass is 10.2. The lowest BCUT2D eigenvalue weighted by Gasteiger charge is -2.08. The standard InChI is InChI=1S/C11H11N3O2S2/c1-14-11(12-6-13-14)18-8-5-3-4-7(17-2)9(8)10(15)16/h3-6H,1-2H3,(H,15,16). The number of carboxylic acid groups (broad SMARTS) is 1. The molecule has 0 aliphatic heterocycles. The molecule has 1 aromatic carbocycles. The molecule has 0 bridgehead atoms. The minimum atomic E-state index is -0.926. The van der Waals surface area contributed by atoms with Gasteiger partial charge in [-0.05, 0) is 30.2 Å². The minimum Gasteiger partial charge on any atom is -0.478 e. The molecule has 0 saturated heterocycles. The first-order valence-corrected chi connectivity index (χ1v) is 7.09. The second-order valence-corrected chi connectivity index (χ2v) is 5.26. The maximum atomic E-state index is 11.3. The Morgan fingerprint density at radius 2 is 2.11 bits per heavy atom. The van der Waals surface area contributed by atoms with Crippen LogP contribution in [0.3, 0.4) is 0 Å². The maximum absolute atomic E-state index is 11.3. The molecule has 94 valence electrons. The second-order valence-electron chi connectivity index (χ2n) is 3.41. The number of thioether (sulfide) groups is 1. The van der Waals surface area contributed by atoms with Gasteiger partial charge in [0.05, 0.1) is 5.56 Å². The minimum absolute atomic E-state index is 0.318. The highest BCUT2D eigenvalue weighted by atomic mass is 32.2. The largest absolute Gasteiger partial charge is 0.478 e. The molecule has 0 aliphatic rings. The Labute approximate surface area is 113 Å². The zero-order valence-electron chi connectivity index (χ0n) is 9.82. The Bertz CT molecular complexity index is 583. The van der Waals surface area contributed by atoms with Gasteiger partial charge in [0.2, 0.25) is 0 Å².